The molecule has 0 aliphatic heterocycles. The van der Waals surface area contributed by atoms with Crippen LogP contribution in [0.3, 0.4) is 0 Å². The molecule has 0 spiro atoms. The molecule has 0 fully saturated rings. The lowest BCUT2D eigenvalue weighted by molar-refractivity contribution is 0.354. The Morgan fingerprint density at radius 3 is 2.55 bits per heavy atom. The first kappa shape index (κ1) is 14.5. The maximum Gasteiger partial charge on any atom is 0.161 e. The highest BCUT2D eigenvalue weighted by Gasteiger charge is 2.06. The van der Waals surface area contributed by atoms with E-state index in [1.54, 1.807) is 14.2 Å². The van der Waals surface area contributed by atoms with Crippen LogP contribution in [0.1, 0.15) is 24.0 Å². The average molecular weight is 290 g/mol. The minimum absolute atomic E-state index is 0.621. The Balaban J connectivity index is 2.30. The quantitative estimate of drug-likeness (QED) is 0.858. The molecule has 20 heavy (non-hydrogen) atoms. The van der Waals surface area contributed by atoms with Gasteiger partial charge in [-0.05, 0) is 30.2 Å². The molecule has 2 rings (SSSR count). The summed E-state index contributed by atoms with van der Waals surface area (Å²) in [5, 5.41) is 0. The molecular formula is C15H18N2O2S. The van der Waals surface area contributed by atoms with Crippen molar-refractivity contribution in [3.05, 3.63) is 46.0 Å². The van der Waals surface area contributed by atoms with E-state index in [4.69, 9.17) is 21.7 Å². The summed E-state index contributed by atoms with van der Waals surface area (Å²) in [6.07, 6.45) is 1.59. The van der Waals surface area contributed by atoms with Crippen LogP contribution in [-0.2, 0) is 12.8 Å². The molecule has 0 radical (unpaired) electrons. The van der Waals surface area contributed by atoms with E-state index in [1.165, 1.54) is 0 Å². The van der Waals surface area contributed by atoms with Gasteiger partial charge in [-0.2, -0.15) is 0 Å². The third-order valence-corrected chi connectivity index (χ3v) is 3.26. The number of nitrogens with zero attached hydrogens (tertiary/aromatic N) is 1. The molecule has 1 aromatic carbocycles. The van der Waals surface area contributed by atoms with Gasteiger partial charge >= 0.3 is 0 Å². The molecule has 0 aliphatic rings. The first-order chi connectivity index (χ1) is 9.66. The van der Waals surface area contributed by atoms with Crippen LogP contribution in [0.2, 0.25) is 0 Å². The van der Waals surface area contributed by atoms with Gasteiger partial charge < -0.3 is 14.5 Å². The smallest absolute Gasteiger partial charge is 0.161 e. The van der Waals surface area contributed by atoms with Gasteiger partial charge in [-0.3, -0.25) is 0 Å². The van der Waals surface area contributed by atoms with Crippen molar-refractivity contribution in [1.29, 1.82) is 0 Å². The SMILES string of the molecule is CCc1cc(=S)nc(Cc2ccc(OC)c(OC)c2)[nH]1. The molecule has 1 N–H and O–H groups in total. The van der Waals surface area contributed by atoms with Crippen LogP contribution in [0.25, 0.3) is 0 Å². The highest BCUT2D eigenvalue weighted by atomic mass is 32.1. The van der Waals surface area contributed by atoms with E-state index in [0.29, 0.717) is 11.1 Å². The zero-order valence-electron chi connectivity index (χ0n) is 11.9. The fourth-order valence-corrected chi connectivity index (χ4v) is 2.27. The maximum atomic E-state index is 5.31. The number of aromatic amines is 1. The van der Waals surface area contributed by atoms with Crippen molar-refractivity contribution >= 4 is 12.2 Å². The molecule has 2 aromatic rings. The number of ether oxygens (including phenoxy) is 2. The largest absolute Gasteiger partial charge is 0.493 e. The second kappa shape index (κ2) is 6.52. The van der Waals surface area contributed by atoms with E-state index < -0.39 is 0 Å². The third-order valence-electron chi connectivity index (χ3n) is 3.05. The summed E-state index contributed by atoms with van der Waals surface area (Å²) in [4.78, 5) is 7.66. The molecule has 0 bridgehead atoms. The van der Waals surface area contributed by atoms with Gasteiger partial charge in [-0.15, -0.1) is 0 Å². The number of hydrogen-bond donors (Lipinski definition) is 1. The summed E-state index contributed by atoms with van der Waals surface area (Å²) in [7, 11) is 3.26. The summed E-state index contributed by atoms with van der Waals surface area (Å²) in [5.41, 5.74) is 2.19. The summed E-state index contributed by atoms with van der Waals surface area (Å²) in [6, 6.07) is 7.74. The van der Waals surface area contributed by atoms with E-state index in [-0.39, 0.29) is 0 Å². The number of rotatable bonds is 5. The second-order valence-corrected chi connectivity index (χ2v) is 4.83. The number of hydrogen-bond acceptors (Lipinski definition) is 4. The normalized spacial score (nSPS) is 10.3. The molecule has 0 saturated heterocycles. The van der Waals surface area contributed by atoms with Crippen LogP contribution in [0.5, 0.6) is 11.5 Å². The van der Waals surface area contributed by atoms with E-state index in [0.717, 1.165) is 35.0 Å². The van der Waals surface area contributed by atoms with Gasteiger partial charge in [0.15, 0.2) is 11.5 Å². The topological polar surface area (TPSA) is 47.1 Å². The number of nitrogens with one attached hydrogen (secondary N) is 1. The molecular weight excluding hydrogens is 272 g/mol. The van der Waals surface area contributed by atoms with Crippen LogP contribution in [0.15, 0.2) is 24.3 Å². The molecule has 106 valence electrons. The monoisotopic (exact) mass is 290 g/mol. The number of benzene rings is 1. The van der Waals surface area contributed by atoms with E-state index in [2.05, 4.69) is 16.9 Å². The fourth-order valence-electron chi connectivity index (χ4n) is 2.02. The molecule has 1 heterocycles. The van der Waals surface area contributed by atoms with Crippen LogP contribution < -0.4 is 9.47 Å². The Hall–Kier alpha value is -1.88. The second-order valence-electron chi connectivity index (χ2n) is 4.41. The Labute approximate surface area is 123 Å². The predicted octanol–water partition coefficient (Wildman–Crippen LogP) is 3.31. The molecule has 0 aliphatic carbocycles. The van der Waals surface area contributed by atoms with Crippen LogP contribution in [-0.4, -0.2) is 24.2 Å². The van der Waals surface area contributed by atoms with Crippen LogP contribution in [0, 0.1) is 4.64 Å². The molecule has 5 heteroatoms. The molecule has 0 unspecified atom stereocenters. The van der Waals surface area contributed by atoms with Crippen LogP contribution >= 0.6 is 12.2 Å². The fraction of sp³-hybridized carbons (Fsp3) is 0.333. The molecule has 4 nitrogen and oxygen atoms in total. The number of H-pyrrole nitrogens is 1. The summed E-state index contributed by atoms with van der Waals surface area (Å²) in [6.45, 7) is 2.08. The van der Waals surface area contributed by atoms with Gasteiger partial charge in [0, 0.05) is 12.1 Å². The van der Waals surface area contributed by atoms with Crippen molar-refractivity contribution in [3.8, 4) is 11.5 Å². The lowest BCUT2D eigenvalue weighted by atomic mass is 10.1. The molecule has 0 atom stereocenters. The minimum atomic E-state index is 0.621. The van der Waals surface area contributed by atoms with Gasteiger partial charge in [0.05, 0.1) is 14.2 Å². The summed E-state index contributed by atoms with van der Waals surface area (Å²) >= 11 is 5.18. The van der Waals surface area contributed by atoms with E-state index in [1.807, 2.05) is 24.3 Å². The van der Waals surface area contributed by atoms with Gasteiger partial charge in [0.25, 0.3) is 0 Å². The first-order valence-corrected chi connectivity index (χ1v) is 6.87. The predicted molar refractivity (Wildman–Crippen MR) is 81.2 cm³/mol. The van der Waals surface area contributed by atoms with E-state index in [9.17, 15) is 0 Å². The number of aryl methyl sites for hydroxylation is 1. The van der Waals surface area contributed by atoms with Crippen molar-refractivity contribution in [3.63, 3.8) is 0 Å². The van der Waals surface area contributed by atoms with Crippen molar-refractivity contribution in [2.75, 3.05) is 14.2 Å². The Morgan fingerprint density at radius 1 is 1.15 bits per heavy atom. The Bertz CT molecular complexity index is 653. The molecule has 0 saturated carbocycles. The standard InChI is InChI=1S/C15H18N2O2S/c1-4-11-9-15(20)17-14(16-11)8-10-5-6-12(18-2)13(7-10)19-3/h5-7,9H,4,8H2,1-3H3,(H,16,17,20). The first-order valence-electron chi connectivity index (χ1n) is 6.46. The van der Waals surface area contributed by atoms with Gasteiger partial charge in [-0.25, -0.2) is 4.98 Å². The Morgan fingerprint density at radius 2 is 1.90 bits per heavy atom. The summed E-state index contributed by atoms with van der Waals surface area (Å²) in [5.74, 6) is 2.30. The van der Waals surface area contributed by atoms with Crippen molar-refractivity contribution < 1.29 is 9.47 Å². The van der Waals surface area contributed by atoms with Crippen molar-refractivity contribution in [1.82, 2.24) is 9.97 Å². The third kappa shape index (κ3) is 3.36. The zero-order valence-corrected chi connectivity index (χ0v) is 12.7. The van der Waals surface area contributed by atoms with E-state index >= 15 is 0 Å². The van der Waals surface area contributed by atoms with Crippen molar-refractivity contribution in [2.45, 2.75) is 19.8 Å². The van der Waals surface area contributed by atoms with Crippen molar-refractivity contribution in [2.24, 2.45) is 0 Å². The highest BCUT2D eigenvalue weighted by Crippen LogP contribution is 2.28. The average Bonchev–Trinajstić information content (AvgIpc) is 2.46. The number of aromatic nitrogens is 2. The van der Waals surface area contributed by atoms with Gasteiger partial charge in [0.2, 0.25) is 0 Å². The molecule has 0 amide bonds. The minimum Gasteiger partial charge on any atom is -0.493 e. The summed E-state index contributed by atoms with van der Waals surface area (Å²) < 4.78 is 11.2. The highest BCUT2D eigenvalue weighted by molar-refractivity contribution is 7.71. The maximum absolute atomic E-state index is 5.31. The van der Waals surface area contributed by atoms with Gasteiger partial charge in [0.1, 0.15) is 10.5 Å². The zero-order chi connectivity index (χ0) is 14.5. The Kier molecular flexibility index (Phi) is 4.74. The van der Waals surface area contributed by atoms with Crippen LogP contribution in [0.4, 0.5) is 0 Å². The number of methoxy groups -OCH3 is 2. The lowest BCUT2D eigenvalue weighted by Crippen LogP contribution is -2.01. The van der Waals surface area contributed by atoms with Gasteiger partial charge in [-0.1, -0.05) is 25.2 Å². The lowest BCUT2D eigenvalue weighted by Gasteiger charge is -2.10. The molecule has 1 aromatic heterocycles.